The second-order valence-corrected chi connectivity index (χ2v) is 9.76. The molecule has 2 bridgehead atoms. The molecule has 0 aromatic heterocycles. The summed E-state index contributed by atoms with van der Waals surface area (Å²) >= 11 is 0. The van der Waals surface area contributed by atoms with Gasteiger partial charge in [-0.3, -0.25) is 24.6 Å². The first kappa shape index (κ1) is 18.6. The standard InChI is InChI=1S/C22H28N4O3/c1-22(2,3)26-12-15-9-16(26)11-24(15)14-4-5-17-13(8-14)10-25(21(17)29)18-6-7-19(27)23-20(18)28/h4-5,8,15-16,18H,6-7,9-12H2,1-3H3,(H,23,27,28)/t15?,16?,18-/m1/s1. The fourth-order valence-electron chi connectivity index (χ4n) is 5.54. The molecule has 0 radical (unpaired) electrons. The van der Waals surface area contributed by atoms with E-state index in [1.807, 2.05) is 12.1 Å². The van der Waals surface area contributed by atoms with E-state index in [2.05, 4.69) is 42.0 Å². The third-order valence-corrected chi connectivity index (χ3v) is 6.94. The minimum atomic E-state index is -0.556. The minimum absolute atomic E-state index is 0.108. The molecular weight excluding hydrogens is 368 g/mol. The number of carbonyl (C=O) groups is 3. The van der Waals surface area contributed by atoms with Gasteiger partial charge in [-0.25, -0.2) is 0 Å². The van der Waals surface area contributed by atoms with Crippen LogP contribution < -0.4 is 10.2 Å². The van der Waals surface area contributed by atoms with E-state index in [-0.39, 0.29) is 29.7 Å². The first-order valence-corrected chi connectivity index (χ1v) is 10.5. The predicted octanol–water partition coefficient (Wildman–Crippen LogP) is 1.51. The molecule has 29 heavy (non-hydrogen) atoms. The molecule has 4 heterocycles. The summed E-state index contributed by atoms with van der Waals surface area (Å²) < 4.78 is 0. The summed E-state index contributed by atoms with van der Waals surface area (Å²) in [5, 5.41) is 2.36. The fraction of sp³-hybridized carbons (Fsp3) is 0.591. The third kappa shape index (κ3) is 2.94. The number of rotatable bonds is 2. The van der Waals surface area contributed by atoms with Crippen LogP contribution in [0.4, 0.5) is 5.69 Å². The van der Waals surface area contributed by atoms with Crippen LogP contribution in [-0.2, 0) is 16.1 Å². The Morgan fingerprint density at radius 2 is 1.83 bits per heavy atom. The maximum absolute atomic E-state index is 12.9. The second kappa shape index (κ2) is 6.29. The second-order valence-electron chi connectivity index (χ2n) is 9.76. The van der Waals surface area contributed by atoms with Crippen LogP contribution in [0.5, 0.6) is 0 Å². The van der Waals surface area contributed by atoms with E-state index in [1.165, 1.54) is 12.1 Å². The van der Waals surface area contributed by atoms with Crippen LogP contribution in [0.1, 0.15) is 56.0 Å². The number of imide groups is 1. The lowest BCUT2D eigenvalue weighted by molar-refractivity contribution is -0.136. The largest absolute Gasteiger partial charge is 0.366 e. The van der Waals surface area contributed by atoms with E-state index in [0.29, 0.717) is 30.6 Å². The molecule has 0 aliphatic carbocycles. The van der Waals surface area contributed by atoms with Gasteiger partial charge >= 0.3 is 0 Å². The Morgan fingerprint density at radius 1 is 1.03 bits per heavy atom. The molecule has 1 N–H and O–H groups in total. The Balaban J connectivity index is 1.34. The smallest absolute Gasteiger partial charge is 0.255 e. The molecule has 3 amide bonds. The molecular formula is C22H28N4O3. The first-order chi connectivity index (χ1) is 13.7. The SMILES string of the molecule is CC(C)(C)N1CC2CC1CN2c1ccc2c(c1)CN([C@@H]1CCC(=O)NC1=O)C2=O. The third-order valence-electron chi connectivity index (χ3n) is 6.94. The quantitative estimate of drug-likeness (QED) is 0.768. The molecule has 3 fully saturated rings. The van der Waals surface area contributed by atoms with Crippen LogP contribution >= 0.6 is 0 Å². The predicted molar refractivity (Wildman–Crippen MR) is 108 cm³/mol. The summed E-state index contributed by atoms with van der Waals surface area (Å²) in [5.74, 6) is -0.726. The van der Waals surface area contributed by atoms with Crippen LogP contribution in [0.3, 0.4) is 0 Å². The van der Waals surface area contributed by atoms with Crippen LogP contribution in [0.25, 0.3) is 0 Å². The fourth-order valence-corrected chi connectivity index (χ4v) is 5.54. The Hall–Kier alpha value is -2.41. The van der Waals surface area contributed by atoms with E-state index in [1.54, 1.807) is 4.90 Å². The molecule has 4 aliphatic rings. The van der Waals surface area contributed by atoms with Gasteiger partial charge < -0.3 is 9.80 Å². The zero-order valence-electron chi connectivity index (χ0n) is 17.3. The average Bonchev–Trinajstić information content (AvgIpc) is 3.34. The van der Waals surface area contributed by atoms with Gasteiger partial charge in [0.15, 0.2) is 0 Å². The molecule has 3 saturated heterocycles. The lowest BCUT2D eigenvalue weighted by atomic mass is 10.0. The number of piperazine rings is 1. The molecule has 7 nitrogen and oxygen atoms in total. The van der Waals surface area contributed by atoms with Crippen molar-refractivity contribution in [3.05, 3.63) is 29.3 Å². The molecule has 154 valence electrons. The Labute approximate surface area is 171 Å². The topological polar surface area (TPSA) is 73.0 Å². The summed E-state index contributed by atoms with van der Waals surface area (Å²) in [6.07, 6.45) is 1.87. The molecule has 1 aromatic rings. The molecule has 3 atom stereocenters. The number of amides is 3. The summed E-state index contributed by atoms with van der Waals surface area (Å²) in [6.45, 7) is 9.37. The van der Waals surface area contributed by atoms with Gasteiger partial charge in [-0.1, -0.05) is 0 Å². The van der Waals surface area contributed by atoms with Gasteiger partial charge in [-0.2, -0.15) is 0 Å². The number of anilines is 1. The average molecular weight is 396 g/mol. The molecule has 4 aliphatic heterocycles. The number of hydrogen-bond donors (Lipinski definition) is 1. The van der Waals surface area contributed by atoms with Crippen LogP contribution in [0.15, 0.2) is 18.2 Å². The summed E-state index contributed by atoms with van der Waals surface area (Å²) in [6, 6.07) is 6.62. The lowest BCUT2D eigenvalue weighted by Gasteiger charge is -2.42. The van der Waals surface area contributed by atoms with Crippen molar-refractivity contribution in [3.8, 4) is 0 Å². The molecule has 1 aromatic carbocycles. The van der Waals surface area contributed by atoms with Gasteiger partial charge in [-0.05, 0) is 57.4 Å². The van der Waals surface area contributed by atoms with Gasteiger partial charge in [0.05, 0.1) is 0 Å². The zero-order chi connectivity index (χ0) is 20.5. The van der Waals surface area contributed by atoms with Gasteiger partial charge in [0.25, 0.3) is 5.91 Å². The first-order valence-electron chi connectivity index (χ1n) is 10.5. The van der Waals surface area contributed by atoms with Gasteiger partial charge in [0.1, 0.15) is 6.04 Å². The highest BCUT2D eigenvalue weighted by Crippen LogP contribution is 2.39. The highest BCUT2D eigenvalue weighted by molar-refractivity contribution is 6.05. The van der Waals surface area contributed by atoms with Gasteiger partial charge in [0, 0.05) is 54.9 Å². The zero-order valence-corrected chi connectivity index (χ0v) is 17.3. The molecule has 2 unspecified atom stereocenters. The van der Waals surface area contributed by atoms with E-state index in [0.717, 1.165) is 18.7 Å². The highest BCUT2D eigenvalue weighted by atomic mass is 16.2. The maximum Gasteiger partial charge on any atom is 0.255 e. The summed E-state index contributed by atoms with van der Waals surface area (Å²) in [4.78, 5) is 43.2. The maximum atomic E-state index is 12.9. The molecule has 5 rings (SSSR count). The molecule has 0 saturated carbocycles. The van der Waals surface area contributed by atoms with Gasteiger partial charge in [0.2, 0.25) is 11.8 Å². The van der Waals surface area contributed by atoms with Crippen molar-refractivity contribution in [2.75, 3.05) is 18.0 Å². The number of likely N-dealkylation sites (tertiary alicyclic amines) is 1. The van der Waals surface area contributed by atoms with Crippen molar-refractivity contribution >= 4 is 23.4 Å². The van der Waals surface area contributed by atoms with Crippen molar-refractivity contribution in [1.29, 1.82) is 0 Å². The van der Waals surface area contributed by atoms with Crippen LogP contribution in [-0.4, -0.2) is 64.3 Å². The Morgan fingerprint density at radius 3 is 2.48 bits per heavy atom. The van der Waals surface area contributed by atoms with Crippen molar-refractivity contribution in [3.63, 3.8) is 0 Å². The highest BCUT2D eigenvalue weighted by Gasteiger charge is 2.47. The van der Waals surface area contributed by atoms with Crippen LogP contribution in [0, 0.1) is 0 Å². The van der Waals surface area contributed by atoms with E-state index in [9.17, 15) is 14.4 Å². The van der Waals surface area contributed by atoms with Crippen LogP contribution in [0.2, 0.25) is 0 Å². The summed E-state index contributed by atoms with van der Waals surface area (Å²) in [7, 11) is 0. The molecule has 7 heteroatoms. The monoisotopic (exact) mass is 396 g/mol. The van der Waals surface area contributed by atoms with Crippen molar-refractivity contribution < 1.29 is 14.4 Å². The van der Waals surface area contributed by atoms with E-state index >= 15 is 0 Å². The van der Waals surface area contributed by atoms with E-state index < -0.39 is 6.04 Å². The summed E-state index contributed by atoms with van der Waals surface area (Å²) in [5.41, 5.74) is 3.02. The Kier molecular flexibility index (Phi) is 4.04. The number of benzene rings is 1. The number of piperidine rings is 1. The number of carbonyl (C=O) groups excluding carboxylic acids is 3. The van der Waals surface area contributed by atoms with Gasteiger partial charge in [-0.15, -0.1) is 0 Å². The van der Waals surface area contributed by atoms with Crippen molar-refractivity contribution in [2.45, 2.75) is 70.2 Å². The normalized spacial score (nSPS) is 29.6. The van der Waals surface area contributed by atoms with Crippen molar-refractivity contribution in [1.82, 2.24) is 15.1 Å². The number of hydrogen-bond acceptors (Lipinski definition) is 5. The van der Waals surface area contributed by atoms with Crippen molar-refractivity contribution in [2.24, 2.45) is 0 Å². The number of fused-ring (bicyclic) bond motifs is 3. The number of nitrogens with one attached hydrogen (secondary N) is 1. The molecule has 0 spiro atoms. The number of nitrogens with zero attached hydrogens (tertiary/aromatic N) is 3. The lowest BCUT2D eigenvalue weighted by Crippen LogP contribution is -2.53. The Bertz CT molecular complexity index is 906. The minimum Gasteiger partial charge on any atom is -0.366 e. The van der Waals surface area contributed by atoms with E-state index in [4.69, 9.17) is 0 Å².